The minimum atomic E-state index is -0.332. The number of phenols is 1. The van der Waals surface area contributed by atoms with E-state index in [0.717, 1.165) is 0 Å². The quantitative estimate of drug-likeness (QED) is 0.742. The van der Waals surface area contributed by atoms with E-state index in [2.05, 4.69) is 9.97 Å². The number of methoxy groups -OCH3 is 1. The van der Waals surface area contributed by atoms with E-state index in [-0.39, 0.29) is 11.6 Å². The van der Waals surface area contributed by atoms with Crippen molar-refractivity contribution in [1.82, 2.24) is 9.97 Å². The first-order valence-electron chi connectivity index (χ1n) is 5.70. The normalized spacial score (nSPS) is 10.8. The van der Waals surface area contributed by atoms with Crippen molar-refractivity contribution in [3.8, 4) is 22.9 Å². The fourth-order valence-electron chi connectivity index (χ4n) is 1.95. The molecule has 96 valence electrons. The van der Waals surface area contributed by atoms with Crippen molar-refractivity contribution >= 4 is 11.0 Å². The van der Waals surface area contributed by atoms with E-state index in [9.17, 15) is 9.50 Å². The molecule has 3 aromatic rings. The molecule has 1 heterocycles. The van der Waals surface area contributed by atoms with Crippen LogP contribution in [0, 0.1) is 5.82 Å². The van der Waals surface area contributed by atoms with Crippen LogP contribution in [-0.2, 0) is 0 Å². The molecular weight excluding hydrogens is 247 g/mol. The van der Waals surface area contributed by atoms with Crippen LogP contribution in [0.15, 0.2) is 36.4 Å². The summed E-state index contributed by atoms with van der Waals surface area (Å²) < 4.78 is 18.1. The maximum atomic E-state index is 13.1. The zero-order chi connectivity index (χ0) is 13.4. The lowest BCUT2D eigenvalue weighted by Crippen LogP contribution is -1.85. The molecule has 0 bridgehead atoms. The van der Waals surface area contributed by atoms with E-state index < -0.39 is 0 Å². The van der Waals surface area contributed by atoms with Gasteiger partial charge in [-0.2, -0.15) is 0 Å². The molecule has 0 saturated heterocycles. The molecule has 19 heavy (non-hydrogen) atoms. The minimum Gasteiger partial charge on any atom is -0.507 e. The van der Waals surface area contributed by atoms with Crippen molar-refractivity contribution in [1.29, 1.82) is 0 Å². The zero-order valence-electron chi connectivity index (χ0n) is 10.1. The molecular formula is C14H11FN2O2. The Kier molecular flexibility index (Phi) is 2.59. The second-order valence-electron chi connectivity index (χ2n) is 4.13. The van der Waals surface area contributed by atoms with E-state index >= 15 is 0 Å². The molecule has 0 aliphatic heterocycles. The number of phenolic OH excluding ortho intramolecular Hbond substituents is 1. The fourth-order valence-corrected chi connectivity index (χ4v) is 1.95. The Bertz CT molecular complexity index is 752. The number of hydrogen-bond donors (Lipinski definition) is 2. The number of imidazole rings is 1. The number of halogens is 1. The highest BCUT2D eigenvalue weighted by Crippen LogP contribution is 2.31. The maximum absolute atomic E-state index is 13.1. The van der Waals surface area contributed by atoms with E-state index in [0.29, 0.717) is 28.2 Å². The summed E-state index contributed by atoms with van der Waals surface area (Å²) in [6.45, 7) is 0. The van der Waals surface area contributed by atoms with Crippen LogP contribution in [-0.4, -0.2) is 22.2 Å². The SMILES string of the molecule is COc1ccc(-c2nc3ccc(F)cc3[nH]2)c(O)c1. The molecule has 0 unspecified atom stereocenters. The molecule has 0 aliphatic rings. The average Bonchev–Trinajstić information content (AvgIpc) is 2.81. The Labute approximate surface area is 108 Å². The summed E-state index contributed by atoms with van der Waals surface area (Å²) in [5.74, 6) is 0.768. The van der Waals surface area contributed by atoms with Crippen LogP contribution in [0.4, 0.5) is 4.39 Å². The monoisotopic (exact) mass is 258 g/mol. The Morgan fingerprint density at radius 3 is 2.79 bits per heavy atom. The fraction of sp³-hybridized carbons (Fsp3) is 0.0714. The van der Waals surface area contributed by atoms with Gasteiger partial charge in [0.15, 0.2) is 0 Å². The lowest BCUT2D eigenvalue weighted by Gasteiger charge is -2.04. The predicted octanol–water partition coefficient (Wildman–Crippen LogP) is 3.08. The lowest BCUT2D eigenvalue weighted by molar-refractivity contribution is 0.408. The van der Waals surface area contributed by atoms with Gasteiger partial charge in [-0.15, -0.1) is 0 Å². The Morgan fingerprint density at radius 1 is 1.21 bits per heavy atom. The summed E-state index contributed by atoms with van der Waals surface area (Å²) in [6, 6.07) is 9.23. The molecule has 1 aromatic heterocycles. The molecule has 3 rings (SSSR count). The molecule has 0 radical (unpaired) electrons. The van der Waals surface area contributed by atoms with Gasteiger partial charge in [-0.3, -0.25) is 0 Å². The van der Waals surface area contributed by atoms with E-state index in [1.807, 2.05) is 0 Å². The number of nitrogens with zero attached hydrogens (tertiary/aromatic N) is 1. The van der Waals surface area contributed by atoms with Gasteiger partial charge in [0.2, 0.25) is 0 Å². The number of aromatic amines is 1. The van der Waals surface area contributed by atoms with Crippen LogP contribution in [0.3, 0.4) is 0 Å². The Hall–Kier alpha value is -2.56. The molecule has 2 aromatic carbocycles. The van der Waals surface area contributed by atoms with Crippen molar-refractivity contribution in [3.63, 3.8) is 0 Å². The number of benzene rings is 2. The first-order valence-corrected chi connectivity index (χ1v) is 5.70. The molecule has 2 N–H and O–H groups in total. The number of hydrogen-bond acceptors (Lipinski definition) is 3. The third kappa shape index (κ3) is 1.99. The highest BCUT2D eigenvalue weighted by atomic mass is 19.1. The minimum absolute atomic E-state index is 0.0545. The van der Waals surface area contributed by atoms with Crippen LogP contribution >= 0.6 is 0 Å². The van der Waals surface area contributed by atoms with Gasteiger partial charge in [-0.05, 0) is 30.3 Å². The zero-order valence-corrected chi connectivity index (χ0v) is 10.1. The van der Waals surface area contributed by atoms with Crippen molar-refractivity contribution in [3.05, 3.63) is 42.2 Å². The van der Waals surface area contributed by atoms with Gasteiger partial charge in [0.1, 0.15) is 23.1 Å². The molecule has 4 nitrogen and oxygen atoms in total. The summed E-state index contributed by atoms with van der Waals surface area (Å²) in [5.41, 5.74) is 1.77. The predicted molar refractivity (Wildman–Crippen MR) is 69.7 cm³/mol. The van der Waals surface area contributed by atoms with Crippen LogP contribution in [0.1, 0.15) is 0 Å². The van der Waals surface area contributed by atoms with Gasteiger partial charge in [0.25, 0.3) is 0 Å². The van der Waals surface area contributed by atoms with Crippen molar-refractivity contribution in [2.45, 2.75) is 0 Å². The molecule has 0 spiro atoms. The number of ether oxygens (including phenoxy) is 1. The third-order valence-corrected chi connectivity index (χ3v) is 2.90. The molecule has 5 heteroatoms. The number of aromatic hydroxyl groups is 1. The second kappa shape index (κ2) is 4.28. The van der Waals surface area contributed by atoms with Crippen LogP contribution in [0.2, 0.25) is 0 Å². The summed E-state index contributed by atoms with van der Waals surface area (Å²) in [5, 5.41) is 9.94. The van der Waals surface area contributed by atoms with Crippen molar-refractivity contribution < 1.29 is 14.2 Å². The first kappa shape index (κ1) is 11.5. The van der Waals surface area contributed by atoms with Gasteiger partial charge in [0, 0.05) is 6.07 Å². The first-order chi connectivity index (χ1) is 9.17. The van der Waals surface area contributed by atoms with Gasteiger partial charge < -0.3 is 14.8 Å². The summed E-state index contributed by atoms with van der Waals surface area (Å²) >= 11 is 0. The lowest BCUT2D eigenvalue weighted by atomic mass is 10.2. The molecule has 0 amide bonds. The summed E-state index contributed by atoms with van der Waals surface area (Å²) in [4.78, 5) is 7.30. The van der Waals surface area contributed by atoms with Crippen LogP contribution < -0.4 is 4.74 Å². The Balaban J connectivity index is 2.13. The number of rotatable bonds is 2. The van der Waals surface area contributed by atoms with E-state index in [1.165, 1.54) is 25.3 Å². The molecule has 0 atom stereocenters. The molecule has 0 saturated carbocycles. The van der Waals surface area contributed by atoms with Crippen molar-refractivity contribution in [2.24, 2.45) is 0 Å². The smallest absolute Gasteiger partial charge is 0.142 e. The van der Waals surface area contributed by atoms with Gasteiger partial charge >= 0.3 is 0 Å². The van der Waals surface area contributed by atoms with Gasteiger partial charge in [-0.1, -0.05) is 0 Å². The average molecular weight is 258 g/mol. The van der Waals surface area contributed by atoms with E-state index in [1.54, 1.807) is 18.2 Å². The standard InChI is InChI=1S/C14H11FN2O2/c1-19-9-3-4-10(13(18)7-9)14-16-11-5-2-8(15)6-12(11)17-14/h2-7,18H,1H3,(H,16,17). The number of aromatic nitrogens is 2. The summed E-state index contributed by atoms with van der Waals surface area (Å²) in [6.07, 6.45) is 0. The molecule has 0 fully saturated rings. The van der Waals surface area contributed by atoms with Gasteiger partial charge in [-0.25, -0.2) is 9.37 Å². The maximum Gasteiger partial charge on any atom is 0.142 e. The van der Waals surface area contributed by atoms with Crippen molar-refractivity contribution in [2.75, 3.05) is 7.11 Å². The van der Waals surface area contributed by atoms with Gasteiger partial charge in [0.05, 0.1) is 23.7 Å². The highest BCUT2D eigenvalue weighted by Gasteiger charge is 2.10. The number of nitrogens with one attached hydrogen (secondary N) is 1. The number of H-pyrrole nitrogens is 1. The van der Waals surface area contributed by atoms with Crippen LogP contribution in [0.5, 0.6) is 11.5 Å². The van der Waals surface area contributed by atoms with Crippen LogP contribution in [0.25, 0.3) is 22.4 Å². The topological polar surface area (TPSA) is 58.1 Å². The second-order valence-corrected chi connectivity index (χ2v) is 4.13. The Morgan fingerprint density at radius 2 is 2.05 bits per heavy atom. The third-order valence-electron chi connectivity index (χ3n) is 2.90. The van der Waals surface area contributed by atoms with E-state index in [4.69, 9.17) is 4.74 Å². The summed E-state index contributed by atoms with van der Waals surface area (Å²) in [7, 11) is 1.53. The highest BCUT2D eigenvalue weighted by molar-refractivity contribution is 5.80. The number of fused-ring (bicyclic) bond motifs is 1. The largest absolute Gasteiger partial charge is 0.507 e. The molecule has 0 aliphatic carbocycles.